The van der Waals surface area contributed by atoms with E-state index in [1.165, 1.54) is 11.3 Å². The van der Waals surface area contributed by atoms with Crippen molar-refractivity contribution < 1.29 is 9.59 Å². The molecule has 3 rings (SSSR count). The molecule has 0 saturated carbocycles. The molecular weight excluding hydrogens is 367 g/mol. The fourth-order valence-corrected chi connectivity index (χ4v) is 3.85. The average molecular weight is 383 g/mol. The summed E-state index contributed by atoms with van der Waals surface area (Å²) >= 11 is 13.3. The van der Waals surface area contributed by atoms with E-state index in [2.05, 4.69) is 5.32 Å². The zero-order valence-electron chi connectivity index (χ0n) is 13.2. The number of hydrogen-bond donors (Lipinski definition) is 1. The SMILES string of the molecule is Cc1ccsc1C(=O)N1CCC1(C)C(=O)Nc1ccc(Cl)c(Cl)c1. The molecule has 0 spiro atoms. The van der Waals surface area contributed by atoms with Crippen LogP contribution in [0.2, 0.25) is 10.0 Å². The molecule has 2 aromatic rings. The van der Waals surface area contributed by atoms with E-state index in [-0.39, 0.29) is 11.8 Å². The fraction of sp³-hybridized carbons (Fsp3) is 0.294. The summed E-state index contributed by atoms with van der Waals surface area (Å²) in [6.45, 7) is 4.25. The van der Waals surface area contributed by atoms with Crippen molar-refractivity contribution in [3.05, 3.63) is 50.1 Å². The number of benzene rings is 1. The molecule has 1 aromatic carbocycles. The predicted molar refractivity (Wildman–Crippen MR) is 98.2 cm³/mol. The van der Waals surface area contributed by atoms with Crippen LogP contribution in [0.25, 0.3) is 0 Å². The fourth-order valence-electron chi connectivity index (χ4n) is 2.67. The normalized spacial score (nSPS) is 19.8. The van der Waals surface area contributed by atoms with E-state index in [1.54, 1.807) is 30.0 Å². The van der Waals surface area contributed by atoms with Gasteiger partial charge in [0.15, 0.2) is 0 Å². The van der Waals surface area contributed by atoms with Crippen LogP contribution in [0.4, 0.5) is 5.69 Å². The first-order valence-electron chi connectivity index (χ1n) is 7.45. The van der Waals surface area contributed by atoms with Crippen LogP contribution >= 0.6 is 34.5 Å². The molecule has 1 saturated heterocycles. The minimum Gasteiger partial charge on any atom is -0.324 e. The second-order valence-corrected chi connectivity index (χ2v) is 7.73. The minimum atomic E-state index is -0.861. The molecule has 2 amide bonds. The summed E-state index contributed by atoms with van der Waals surface area (Å²) in [4.78, 5) is 27.7. The highest BCUT2D eigenvalue weighted by molar-refractivity contribution is 7.12. The molecule has 1 N–H and O–H groups in total. The Bertz CT molecular complexity index is 821. The van der Waals surface area contributed by atoms with Gasteiger partial charge in [0.05, 0.1) is 14.9 Å². The zero-order valence-corrected chi connectivity index (χ0v) is 15.6. The Morgan fingerprint density at radius 1 is 1.25 bits per heavy atom. The number of carbonyl (C=O) groups is 2. The molecule has 0 bridgehead atoms. The third kappa shape index (κ3) is 2.92. The van der Waals surface area contributed by atoms with E-state index >= 15 is 0 Å². The maximum atomic E-state index is 12.7. The van der Waals surface area contributed by atoms with E-state index in [0.29, 0.717) is 33.6 Å². The number of thiophene rings is 1. The molecule has 7 heteroatoms. The van der Waals surface area contributed by atoms with Gasteiger partial charge in [0, 0.05) is 12.2 Å². The molecule has 2 heterocycles. The lowest BCUT2D eigenvalue weighted by molar-refractivity contribution is -0.132. The van der Waals surface area contributed by atoms with Crippen LogP contribution in [0.1, 0.15) is 28.6 Å². The van der Waals surface area contributed by atoms with Crippen LogP contribution in [0.15, 0.2) is 29.6 Å². The van der Waals surface area contributed by atoms with Crippen molar-refractivity contribution in [2.75, 3.05) is 11.9 Å². The maximum absolute atomic E-state index is 12.7. The second-order valence-electron chi connectivity index (χ2n) is 6.00. The van der Waals surface area contributed by atoms with Crippen molar-refractivity contribution in [1.82, 2.24) is 4.90 Å². The first kappa shape index (κ1) is 17.3. The highest BCUT2D eigenvalue weighted by atomic mass is 35.5. The van der Waals surface area contributed by atoms with Crippen molar-refractivity contribution in [3.63, 3.8) is 0 Å². The number of aryl methyl sites for hydroxylation is 1. The highest BCUT2D eigenvalue weighted by Gasteiger charge is 2.50. The second kappa shape index (κ2) is 6.39. The Balaban J connectivity index is 1.77. The van der Waals surface area contributed by atoms with Crippen LogP contribution < -0.4 is 5.32 Å². The number of nitrogens with zero attached hydrogens (tertiary/aromatic N) is 1. The van der Waals surface area contributed by atoms with E-state index < -0.39 is 5.54 Å². The quantitative estimate of drug-likeness (QED) is 0.842. The zero-order chi connectivity index (χ0) is 17.5. The predicted octanol–water partition coefficient (Wildman–Crippen LogP) is 4.61. The lowest BCUT2D eigenvalue weighted by Gasteiger charge is -2.48. The number of rotatable bonds is 3. The Hall–Kier alpha value is -1.56. The van der Waals surface area contributed by atoms with Gasteiger partial charge in [-0.15, -0.1) is 11.3 Å². The first-order chi connectivity index (χ1) is 11.3. The van der Waals surface area contributed by atoms with Gasteiger partial charge < -0.3 is 10.2 Å². The maximum Gasteiger partial charge on any atom is 0.265 e. The molecular formula is C17H16Cl2N2O2S. The van der Waals surface area contributed by atoms with Crippen molar-refractivity contribution in [2.24, 2.45) is 0 Å². The van der Waals surface area contributed by atoms with Gasteiger partial charge in [0.1, 0.15) is 5.54 Å². The average Bonchev–Trinajstić information content (AvgIpc) is 2.95. The molecule has 0 aliphatic carbocycles. The Morgan fingerprint density at radius 3 is 2.54 bits per heavy atom. The van der Waals surface area contributed by atoms with Gasteiger partial charge >= 0.3 is 0 Å². The van der Waals surface area contributed by atoms with Crippen molar-refractivity contribution in [3.8, 4) is 0 Å². The number of amides is 2. The Labute approximate surface area is 154 Å². The van der Waals surface area contributed by atoms with Gasteiger partial charge in [-0.25, -0.2) is 0 Å². The van der Waals surface area contributed by atoms with Gasteiger partial charge in [-0.3, -0.25) is 9.59 Å². The summed E-state index contributed by atoms with van der Waals surface area (Å²) in [5, 5.41) is 5.51. The lowest BCUT2D eigenvalue weighted by atomic mass is 9.85. The number of halogens is 2. The minimum absolute atomic E-state index is 0.0967. The number of nitrogens with one attached hydrogen (secondary N) is 1. The summed E-state index contributed by atoms with van der Waals surface area (Å²) in [7, 11) is 0. The summed E-state index contributed by atoms with van der Waals surface area (Å²) in [5.41, 5.74) is 0.631. The first-order valence-corrected chi connectivity index (χ1v) is 9.09. The largest absolute Gasteiger partial charge is 0.324 e. The highest BCUT2D eigenvalue weighted by Crippen LogP contribution is 2.35. The summed E-state index contributed by atoms with van der Waals surface area (Å²) in [6.07, 6.45) is 0.621. The van der Waals surface area contributed by atoms with Crippen LogP contribution in [0.3, 0.4) is 0 Å². The smallest absolute Gasteiger partial charge is 0.265 e. The van der Waals surface area contributed by atoms with Crippen LogP contribution in [0, 0.1) is 6.92 Å². The van der Waals surface area contributed by atoms with Gasteiger partial charge in [-0.2, -0.15) is 0 Å². The van der Waals surface area contributed by atoms with Crippen molar-refractivity contribution >= 4 is 52.0 Å². The lowest BCUT2D eigenvalue weighted by Crippen LogP contribution is -2.66. The molecule has 1 fully saturated rings. The third-order valence-corrected chi connectivity index (χ3v) is 6.13. The molecule has 126 valence electrons. The van der Waals surface area contributed by atoms with Crippen molar-refractivity contribution in [2.45, 2.75) is 25.8 Å². The van der Waals surface area contributed by atoms with Gasteiger partial charge in [-0.1, -0.05) is 23.2 Å². The number of likely N-dealkylation sites (tertiary alicyclic amines) is 1. The topological polar surface area (TPSA) is 49.4 Å². The summed E-state index contributed by atoms with van der Waals surface area (Å²) in [6, 6.07) is 6.81. The van der Waals surface area contributed by atoms with Gasteiger partial charge in [0.2, 0.25) is 5.91 Å². The van der Waals surface area contributed by atoms with E-state index in [4.69, 9.17) is 23.2 Å². The van der Waals surface area contributed by atoms with E-state index in [0.717, 1.165) is 5.56 Å². The Morgan fingerprint density at radius 2 is 2.00 bits per heavy atom. The molecule has 1 atom stereocenters. The van der Waals surface area contributed by atoms with Crippen LogP contribution in [0.5, 0.6) is 0 Å². The van der Waals surface area contributed by atoms with Crippen molar-refractivity contribution in [1.29, 1.82) is 0 Å². The van der Waals surface area contributed by atoms with Gasteiger partial charge in [0.25, 0.3) is 5.91 Å². The molecule has 1 aliphatic rings. The number of carbonyl (C=O) groups excluding carboxylic acids is 2. The molecule has 0 radical (unpaired) electrons. The number of anilines is 1. The Kier molecular flexibility index (Phi) is 4.60. The molecule has 1 aliphatic heterocycles. The summed E-state index contributed by atoms with van der Waals surface area (Å²) < 4.78 is 0. The molecule has 1 unspecified atom stereocenters. The molecule has 4 nitrogen and oxygen atoms in total. The van der Waals surface area contributed by atoms with E-state index in [1.807, 2.05) is 18.4 Å². The molecule has 24 heavy (non-hydrogen) atoms. The number of hydrogen-bond acceptors (Lipinski definition) is 3. The standard InChI is InChI=1S/C17H16Cl2N2O2S/c1-10-5-8-24-14(10)15(22)21-7-6-17(21,2)16(23)20-11-3-4-12(18)13(19)9-11/h3-5,8-9H,6-7H2,1-2H3,(H,20,23). The monoisotopic (exact) mass is 382 g/mol. The summed E-state index contributed by atoms with van der Waals surface area (Å²) in [5.74, 6) is -0.324. The van der Waals surface area contributed by atoms with Crippen LogP contribution in [-0.4, -0.2) is 28.8 Å². The molecule has 1 aromatic heterocycles. The van der Waals surface area contributed by atoms with Crippen LogP contribution in [-0.2, 0) is 4.79 Å². The van der Waals surface area contributed by atoms with Gasteiger partial charge in [-0.05, 0) is 55.5 Å². The van der Waals surface area contributed by atoms with E-state index in [9.17, 15) is 9.59 Å². The third-order valence-electron chi connectivity index (χ3n) is 4.39.